The van der Waals surface area contributed by atoms with Crippen molar-refractivity contribution in [3.8, 4) is 16.9 Å². The van der Waals surface area contributed by atoms with E-state index in [9.17, 15) is 30.7 Å². The first-order chi connectivity index (χ1) is 12.0. The average Bonchev–Trinajstić information content (AvgIpc) is 2.48. The van der Waals surface area contributed by atoms with Gasteiger partial charge < -0.3 is 4.74 Å². The highest BCUT2D eigenvalue weighted by molar-refractivity contribution is 7.99. The summed E-state index contributed by atoms with van der Waals surface area (Å²) in [4.78, 5) is 0.0735. The van der Waals surface area contributed by atoms with Gasteiger partial charge >= 0.3 is 12.8 Å². The van der Waals surface area contributed by atoms with Gasteiger partial charge in [-0.2, -0.15) is 22.0 Å². The Morgan fingerprint density at radius 3 is 2.19 bits per heavy atom. The van der Waals surface area contributed by atoms with E-state index in [1.807, 2.05) is 0 Å². The Labute approximate surface area is 153 Å². The van der Waals surface area contributed by atoms with Gasteiger partial charge in [0.2, 0.25) is 0 Å². The maximum Gasteiger partial charge on any atom is 0.398 e. The molecule has 142 valence electrons. The van der Waals surface area contributed by atoms with Gasteiger partial charge in [-0.15, -0.1) is 11.8 Å². The molecule has 0 bridgehead atoms. The molecule has 0 amide bonds. The lowest BCUT2D eigenvalue weighted by Gasteiger charge is -2.14. The van der Waals surface area contributed by atoms with Gasteiger partial charge in [0.05, 0.1) is 10.8 Å². The predicted octanol–water partition coefficient (Wildman–Crippen LogP) is 6.85. The van der Waals surface area contributed by atoms with Crippen LogP contribution in [0.5, 0.6) is 5.75 Å². The number of aryl methyl sites for hydroxylation is 1. The monoisotopic (exact) mass is 418 g/mol. The fourth-order valence-corrected chi connectivity index (χ4v) is 3.10. The van der Waals surface area contributed by atoms with Crippen LogP contribution < -0.4 is 4.74 Å². The van der Waals surface area contributed by atoms with Crippen molar-refractivity contribution in [2.24, 2.45) is 0 Å². The highest BCUT2D eigenvalue weighted by Crippen LogP contribution is 2.38. The molecule has 0 unspecified atom stereocenters. The number of thioether (sulfide) groups is 1. The van der Waals surface area contributed by atoms with E-state index in [4.69, 9.17) is 11.6 Å². The van der Waals surface area contributed by atoms with Crippen LogP contribution in [0.1, 0.15) is 5.56 Å². The summed E-state index contributed by atoms with van der Waals surface area (Å²) >= 11 is 6.01. The molecule has 0 aliphatic rings. The molecule has 2 aromatic carbocycles. The van der Waals surface area contributed by atoms with Crippen molar-refractivity contribution in [2.75, 3.05) is 5.75 Å². The molecule has 0 fully saturated rings. The SMILES string of the molecule is Cc1cc(F)c(-c2cc(OC(F)F)c(Cl)cc2F)cc1SCC(F)(F)F. The van der Waals surface area contributed by atoms with Crippen LogP contribution in [-0.4, -0.2) is 18.5 Å². The fourth-order valence-electron chi connectivity index (χ4n) is 2.10. The standard InChI is InChI=1S/C16H10ClF7OS/c1-7-2-11(18)9(4-14(7)26-6-16(22,23)24)8-3-13(25-15(20)21)10(17)5-12(8)19/h2-5,15H,6H2,1H3. The van der Waals surface area contributed by atoms with Crippen LogP contribution in [0, 0.1) is 18.6 Å². The zero-order valence-corrected chi connectivity index (χ0v) is 14.5. The molecule has 0 atom stereocenters. The number of halogens is 8. The normalized spacial score (nSPS) is 11.9. The number of alkyl halides is 5. The van der Waals surface area contributed by atoms with Crippen LogP contribution in [0.25, 0.3) is 11.1 Å². The second-order valence-corrected chi connectivity index (χ2v) is 6.57. The van der Waals surface area contributed by atoms with Gasteiger partial charge in [-0.1, -0.05) is 11.6 Å². The number of rotatable bonds is 5. The smallest absolute Gasteiger partial charge is 0.398 e. The summed E-state index contributed by atoms with van der Waals surface area (Å²) < 4.78 is 94.5. The lowest BCUT2D eigenvalue weighted by Crippen LogP contribution is -2.10. The Hall–Kier alpha value is -1.61. The molecule has 2 aromatic rings. The van der Waals surface area contributed by atoms with Crippen LogP contribution in [0.3, 0.4) is 0 Å². The molecule has 10 heteroatoms. The lowest BCUT2D eigenvalue weighted by atomic mass is 10.0. The summed E-state index contributed by atoms with van der Waals surface area (Å²) in [6, 6.07) is 3.40. The molecule has 26 heavy (non-hydrogen) atoms. The Kier molecular flexibility index (Phi) is 6.33. The van der Waals surface area contributed by atoms with E-state index in [0.717, 1.165) is 18.2 Å². The van der Waals surface area contributed by atoms with E-state index in [0.29, 0.717) is 17.8 Å². The summed E-state index contributed by atoms with van der Waals surface area (Å²) in [5, 5.41) is -0.453. The van der Waals surface area contributed by atoms with Crippen molar-refractivity contribution in [1.82, 2.24) is 0 Å². The van der Waals surface area contributed by atoms with E-state index in [2.05, 4.69) is 4.74 Å². The van der Waals surface area contributed by atoms with Gasteiger partial charge in [0.15, 0.2) is 0 Å². The highest BCUT2D eigenvalue weighted by atomic mass is 35.5. The van der Waals surface area contributed by atoms with Gasteiger partial charge in [-0.3, -0.25) is 0 Å². The molecule has 0 saturated heterocycles. The van der Waals surface area contributed by atoms with Gasteiger partial charge in [0, 0.05) is 16.0 Å². The van der Waals surface area contributed by atoms with E-state index < -0.39 is 52.1 Å². The second-order valence-electron chi connectivity index (χ2n) is 5.14. The third kappa shape index (κ3) is 5.20. The molecule has 0 heterocycles. The molecular formula is C16H10ClF7OS. The summed E-state index contributed by atoms with van der Waals surface area (Å²) in [7, 11) is 0. The zero-order valence-electron chi connectivity index (χ0n) is 12.9. The van der Waals surface area contributed by atoms with Crippen molar-refractivity contribution in [3.05, 3.63) is 46.5 Å². The molecule has 0 spiro atoms. The van der Waals surface area contributed by atoms with Crippen LogP contribution in [0.4, 0.5) is 30.7 Å². The van der Waals surface area contributed by atoms with Gasteiger partial charge in [0.25, 0.3) is 0 Å². The van der Waals surface area contributed by atoms with Crippen LogP contribution in [0.2, 0.25) is 5.02 Å². The van der Waals surface area contributed by atoms with Crippen LogP contribution in [-0.2, 0) is 0 Å². The van der Waals surface area contributed by atoms with Gasteiger partial charge in [0.1, 0.15) is 17.4 Å². The molecule has 1 nitrogen and oxygen atoms in total. The third-order valence-electron chi connectivity index (χ3n) is 3.18. The molecular weight excluding hydrogens is 409 g/mol. The Morgan fingerprint density at radius 2 is 1.62 bits per heavy atom. The first-order valence-electron chi connectivity index (χ1n) is 6.92. The Morgan fingerprint density at radius 1 is 1.04 bits per heavy atom. The highest BCUT2D eigenvalue weighted by Gasteiger charge is 2.28. The molecule has 0 saturated carbocycles. The number of ether oxygens (including phenoxy) is 1. The van der Waals surface area contributed by atoms with Crippen molar-refractivity contribution in [1.29, 1.82) is 0 Å². The number of hydrogen-bond acceptors (Lipinski definition) is 2. The molecule has 2 rings (SSSR count). The minimum absolute atomic E-state index is 0.0735. The van der Waals surface area contributed by atoms with E-state index in [1.165, 1.54) is 6.92 Å². The van der Waals surface area contributed by atoms with Crippen molar-refractivity contribution in [3.63, 3.8) is 0 Å². The van der Waals surface area contributed by atoms with Gasteiger partial charge in [-0.05, 0) is 36.8 Å². The zero-order chi connectivity index (χ0) is 19.6. The van der Waals surface area contributed by atoms with E-state index >= 15 is 0 Å². The molecule has 0 radical (unpaired) electrons. The Balaban J connectivity index is 2.50. The molecule has 0 aliphatic carbocycles. The van der Waals surface area contributed by atoms with Crippen molar-refractivity contribution >= 4 is 23.4 Å². The molecule has 0 N–H and O–H groups in total. The number of hydrogen-bond donors (Lipinski definition) is 0. The summed E-state index contributed by atoms with van der Waals surface area (Å²) in [6.45, 7) is -1.85. The summed E-state index contributed by atoms with van der Waals surface area (Å²) in [5.41, 5.74) is -0.635. The van der Waals surface area contributed by atoms with E-state index in [-0.39, 0.29) is 10.5 Å². The molecule has 0 aromatic heterocycles. The summed E-state index contributed by atoms with van der Waals surface area (Å²) in [5.74, 6) is -3.77. The quantitative estimate of drug-likeness (QED) is 0.388. The predicted molar refractivity (Wildman–Crippen MR) is 85.0 cm³/mol. The minimum atomic E-state index is -4.45. The average molecular weight is 419 g/mol. The van der Waals surface area contributed by atoms with Crippen LogP contribution >= 0.6 is 23.4 Å². The Bertz CT molecular complexity index is 808. The fraction of sp³-hybridized carbons (Fsp3) is 0.250. The van der Waals surface area contributed by atoms with Crippen LogP contribution in [0.15, 0.2) is 29.2 Å². The summed E-state index contributed by atoms with van der Waals surface area (Å²) in [6.07, 6.45) is -4.45. The van der Waals surface area contributed by atoms with Gasteiger partial charge in [-0.25, -0.2) is 8.78 Å². The maximum absolute atomic E-state index is 14.2. The van der Waals surface area contributed by atoms with Crippen molar-refractivity contribution in [2.45, 2.75) is 24.6 Å². The first kappa shape index (κ1) is 20.7. The second kappa shape index (κ2) is 7.96. The minimum Gasteiger partial charge on any atom is -0.433 e. The molecule has 0 aliphatic heterocycles. The topological polar surface area (TPSA) is 9.23 Å². The largest absolute Gasteiger partial charge is 0.433 e. The van der Waals surface area contributed by atoms with E-state index in [1.54, 1.807) is 0 Å². The third-order valence-corrected chi connectivity index (χ3v) is 4.70. The lowest BCUT2D eigenvalue weighted by molar-refractivity contribution is -0.105. The number of benzene rings is 2. The first-order valence-corrected chi connectivity index (χ1v) is 8.28. The maximum atomic E-state index is 14.2. The van der Waals surface area contributed by atoms with Crippen molar-refractivity contribution < 1.29 is 35.5 Å².